The molecule has 0 atom stereocenters. The molecule has 20 heavy (non-hydrogen) atoms. The van der Waals surface area contributed by atoms with Crippen molar-refractivity contribution in [1.82, 2.24) is 15.5 Å². The Morgan fingerprint density at radius 3 is 2.50 bits per heavy atom. The third-order valence-electron chi connectivity index (χ3n) is 2.41. The maximum absolute atomic E-state index is 11.8. The standard InChI is InChI=1S/C12H20F3N3O2/c1-2-6-16-7-3-4-10-17-18-11(20-10)5-8-19-9-12(13,14)15/h16H,2-9H2,1H3. The zero-order valence-electron chi connectivity index (χ0n) is 11.5. The molecule has 1 N–H and O–H groups in total. The van der Waals surface area contributed by atoms with Crippen LogP contribution in [0.3, 0.4) is 0 Å². The van der Waals surface area contributed by atoms with E-state index in [-0.39, 0.29) is 13.0 Å². The molecule has 0 fully saturated rings. The molecule has 0 saturated carbocycles. The normalized spacial score (nSPS) is 12.0. The lowest BCUT2D eigenvalue weighted by atomic mass is 10.3. The number of alkyl halides is 3. The van der Waals surface area contributed by atoms with E-state index in [1.165, 1.54) is 0 Å². The number of halogens is 3. The van der Waals surface area contributed by atoms with Crippen LogP contribution in [0, 0.1) is 0 Å². The molecule has 0 unspecified atom stereocenters. The van der Waals surface area contributed by atoms with Crippen molar-refractivity contribution in [3.05, 3.63) is 11.8 Å². The second-order valence-corrected chi connectivity index (χ2v) is 4.36. The molecule has 1 heterocycles. The van der Waals surface area contributed by atoms with E-state index in [1.54, 1.807) is 0 Å². The van der Waals surface area contributed by atoms with E-state index in [9.17, 15) is 13.2 Å². The topological polar surface area (TPSA) is 60.2 Å². The van der Waals surface area contributed by atoms with Crippen LogP contribution in [-0.4, -0.2) is 42.7 Å². The summed E-state index contributed by atoms with van der Waals surface area (Å²) in [4.78, 5) is 0. The van der Waals surface area contributed by atoms with Gasteiger partial charge in [0.15, 0.2) is 0 Å². The molecular formula is C12H20F3N3O2. The van der Waals surface area contributed by atoms with Crippen LogP contribution in [0.2, 0.25) is 0 Å². The number of ether oxygens (including phenoxy) is 1. The summed E-state index contributed by atoms with van der Waals surface area (Å²) in [5.74, 6) is 0.817. The molecule has 0 aliphatic heterocycles. The number of hydrogen-bond donors (Lipinski definition) is 1. The Morgan fingerprint density at radius 1 is 1.15 bits per heavy atom. The lowest BCUT2D eigenvalue weighted by molar-refractivity contribution is -0.173. The Hall–Kier alpha value is -1.15. The molecule has 0 aliphatic carbocycles. The number of nitrogens with zero attached hydrogens (tertiary/aromatic N) is 2. The Balaban J connectivity index is 2.13. The van der Waals surface area contributed by atoms with Crippen LogP contribution >= 0.6 is 0 Å². The molecule has 0 aliphatic rings. The van der Waals surface area contributed by atoms with Crippen LogP contribution in [0.15, 0.2) is 4.42 Å². The summed E-state index contributed by atoms with van der Waals surface area (Å²) in [6.07, 6.45) is -1.48. The van der Waals surface area contributed by atoms with E-state index in [1.807, 2.05) is 0 Å². The average Bonchev–Trinajstić information content (AvgIpc) is 2.81. The molecule has 1 rings (SSSR count). The maximum Gasteiger partial charge on any atom is 0.411 e. The molecule has 0 amide bonds. The molecule has 1 aromatic heterocycles. The van der Waals surface area contributed by atoms with Crippen molar-refractivity contribution < 1.29 is 22.3 Å². The van der Waals surface area contributed by atoms with E-state index in [2.05, 4.69) is 27.2 Å². The largest absolute Gasteiger partial charge is 0.425 e. The van der Waals surface area contributed by atoms with Crippen molar-refractivity contribution in [3.8, 4) is 0 Å². The van der Waals surface area contributed by atoms with Gasteiger partial charge in [-0.15, -0.1) is 10.2 Å². The van der Waals surface area contributed by atoms with Gasteiger partial charge in [-0.05, 0) is 25.9 Å². The van der Waals surface area contributed by atoms with Gasteiger partial charge in [0.25, 0.3) is 0 Å². The van der Waals surface area contributed by atoms with E-state index in [4.69, 9.17) is 4.42 Å². The van der Waals surface area contributed by atoms with Crippen LogP contribution in [0.5, 0.6) is 0 Å². The maximum atomic E-state index is 11.8. The molecule has 0 spiro atoms. The van der Waals surface area contributed by atoms with Gasteiger partial charge in [-0.25, -0.2) is 0 Å². The fourth-order valence-corrected chi connectivity index (χ4v) is 1.50. The van der Waals surface area contributed by atoms with Crippen LogP contribution in [0.4, 0.5) is 13.2 Å². The third kappa shape index (κ3) is 8.11. The van der Waals surface area contributed by atoms with Crippen molar-refractivity contribution in [2.75, 3.05) is 26.3 Å². The molecule has 116 valence electrons. The molecule has 0 saturated heterocycles. The first-order chi connectivity index (χ1) is 9.51. The van der Waals surface area contributed by atoms with Crippen molar-refractivity contribution >= 4 is 0 Å². The smallest absolute Gasteiger partial charge is 0.411 e. The zero-order valence-corrected chi connectivity index (χ0v) is 11.5. The lowest BCUT2D eigenvalue weighted by Crippen LogP contribution is -2.18. The van der Waals surface area contributed by atoms with E-state index in [0.717, 1.165) is 25.9 Å². The highest BCUT2D eigenvalue weighted by molar-refractivity contribution is 4.82. The van der Waals surface area contributed by atoms with Gasteiger partial charge in [0.05, 0.1) is 6.61 Å². The van der Waals surface area contributed by atoms with Gasteiger partial charge >= 0.3 is 6.18 Å². The Labute approximate surface area is 115 Å². The minimum atomic E-state index is -4.30. The average molecular weight is 295 g/mol. The number of nitrogens with one attached hydrogen (secondary N) is 1. The molecule has 5 nitrogen and oxygen atoms in total. The van der Waals surface area contributed by atoms with Gasteiger partial charge in [0.1, 0.15) is 6.61 Å². The van der Waals surface area contributed by atoms with Crippen LogP contribution in [-0.2, 0) is 17.6 Å². The van der Waals surface area contributed by atoms with Gasteiger partial charge < -0.3 is 14.5 Å². The first-order valence-corrected chi connectivity index (χ1v) is 6.67. The quantitative estimate of drug-likeness (QED) is 0.670. The lowest BCUT2D eigenvalue weighted by Gasteiger charge is -2.05. The zero-order chi connectivity index (χ0) is 14.8. The molecular weight excluding hydrogens is 275 g/mol. The minimum Gasteiger partial charge on any atom is -0.425 e. The monoisotopic (exact) mass is 295 g/mol. The second-order valence-electron chi connectivity index (χ2n) is 4.36. The van der Waals surface area contributed by atoms with E-state index in [0.29, 0.717) is 18.2 Å². The molecule has 1 aromatic rings. The Kier molecular flexibility index (Phi) is 7.53. The summed E-state index contributed by atoms with van der Waals surface area (Å²) < 4.78 is 45.3. The number of hydrogen-bond acceptors (Lipinski definition) is 5. The number of aromatic nitrogens is 2. The highest BCUT2D eigenvalue weighted by Gasteiger charge is 2.27. The Morgan fingerprint density at radius 2 is 1.85 bits per heavy atom. The fourth-order valence-electron chi connectivity index (χ4n) is 1.50. The minimum absolute atomic E-state index is 0.0841. The van der Waals surface area contributed by atoms with Gasteiger partial charge in [-0.3, -0.25) is 0 Å². The predicted octanol–water partition coefficient (Wildman–Crippen LogP) is 2.12. The third-order valence-corrected chi connectivity index (χ3v) is 2.41. The van der Waals surface area contributed by atoms with Gasteiger partial charge in [-0.2, -0.15) is 13.2 Å². The van der Waals surface area contributed by atoms with Gasteiger partial charge in [-0.1, -0.05) is 6.92 Å². The number of rotatable bonds is 10. The molecule has 0 radical (unpaired) electrons. The van der Waals surface area contributed by atoms with Crippen LogP contribution < -0.4 is 5.32 Å². The van der Waals surface area contributed by atoms with E-state index < -0.39 is 12.8 Å². The highest BCUT2D eigenvalue weighted by atomic mass is 19.4. The Bertz CT molecular complexity index is 369. The second kappa shape index (κ2) is 8.91. The van der Waals surface area contributed by atoms with Crippen molar-refractivity contribution in [2.45, 2.75) is 38.8 Å². The number of aryl methyl sites for hydroxylation is 1. The van der Waals surface area contributed by atoms with Crippen LogP contribution in [0.1, 0.15) is 31.5 Å². The van der Waals surface area contributed by atoms with Crippen molar-refractivity contribution in [1.29, 1.82) is 0 Å². The summed E-state index contributed by atoms with van der Waals surface area (Å²) in [5, 5.41) is 10.9. The summed E-state index contributed by atoms with van der Waals surface area (Å²) in [5.41, 5.74) is 0. The molecule has 0 aromatic carbocycles. The molecule has 0 bridgehead atoms. The van der Waals surface area contributed by atoms with Gasteiger partial charge in [0.2, 0.25) is 11.8 Å². The molecule has 8 heteroatoms. The first kappa shape index (κ1) is 16.9. The van der Waals surface area contributed by atoms with E-state index >= 15 is 0 Å². The summed E-state index contributed by atoms with van der Waals surface area (Å²) in [6.45, 7) is 2.61. The highest BCUT2D eigenvalue weighted by Crippen LogP contribution is 2.14. The summed E-state index contributed by atoms with van der Waals surface area (Å²) in [7, 11) is 0. The fraction of sp³-hybridized carbons (Fsp3) is 0.833. The van der Waals surface area contributed by atoms with Gasteiger partial charge in [0, 0.05) is 12.8 Å². The summed E-state index contributed by atoms with van der Waals surface area (Å²) >= 11 is 0. The SMILES string of the molecule is CCCNCCCc1nnc(CCOCC(F)(F)F)o1. The summed E-state index contributed by atoms with van der Waals surface area (Å²) in [6, 6.07) is 0. The van der Waals surface area contributed by atoms with Crippen molar-refractivity contribution in [3.63, 3.8) is 0 Å². The predicted molar refractivity (Wildman–Crippen MR) is 66.4 cm³/mol. The van der Waals surface area contributed by atoms with Crippen LogP contribution in [0.25, 0.3) is 0 Å². The van der Waals surface area contributed by atoms with Crippen molar-refractivity contribution in [2.24, 2.45) is 0 Å². The first-order valence-electron chi connectivity index (χ1n) is 6.67.